The number of hydrogen-bond acceptors (Lipinski definition) is 3. The van der Waals surface area contributed by atoms with Crippen molar-refractivity contribution in [3.8, 4) is 0 Å². The number of nitrogens with zero attached hydrogens (tertiary/aromatic N) is 2. The van der Waals surface area contributed by atoms with Crippen molar-refractivity contribution in [2.24, 2.45) is 5.92 Å². The van der Waals surface area contributed by atoms with Gasteiger partial charge in [0.2, 0.25) is 5.91 Å². The van der Waals surface area contributed by atoms with Crippen molar-refractivity contribution in [1.82, 2.24) is 20.1 Å². The molecule has 0 spiro atoms. The molecular weight excluding hydrogens is 348 g/mol. The number of fused-ring (bicyclic) bond motifs is 1. The number of hydrogen-bond donors (Lipinski definition) is 2. The van der Waals surface area contributed by atoms with Crippen molar-refractivity contribution < 1.29 is 4.79 Å². The summed E-state index contributed by atoms with van der Waals surface area (Å²) in [5.74, 6) is 0.564. The first kappa shape index (κ1) is 18.2. The van der Waals surface area contributed by atoms with Gasteiger partial charge >= 0.3 is 0 Å². The minimum Gasteiger partial charge on any atom is -0.357 e. The molecule has 2 N–H and O–H groups in total. The maximum absolute atomic E-state index is 12.3. The van der Waals surface area contributed by atoms with E-state index in [1.165, 1.54) is 55.4 Å². The normalized spacial score (nSPS) is 23.3. The molecule has 1 aliphatic carbocycles. The highest BCUT2D eigenvalue weighted by atomic mass is 16.2. The van der Waals surface area contributed by atoms with Gasteiger partial charge in [0.15, 0.2) is 0 Å². The fourth-order valence-electron chi connectivity index (χ4n) is 4.98. The van der Waals surface area contributed by atoms with Crippen LogP contribution in [0, 0.1) is 5.92 Å². The third kappa shape index (κ3) is 4.11. The van der Waals surface area contributed by atoms with Gasteiger partial charge in [-0.15, -0.1) is 0 Å². The van der Waals surface area contributed by atoms with E-state index in [1.54, 1.807) is 0 Å². The van der Waals surface area contributed by atoms with E-state index in [2.05, 4.69) is 50.4 Å². The summed E-state index contributed by atoms with van der Waals surface area (Å²) in [6.07, 6.45) is 6.93. The number of likely N-dealkylation sites (tertiary alicyclic amines) is 2. The zero-order chi connectivity index (χ0) is 18.9. The van der Waals surface area contributed by atoms with Crippen molar-refractivity contribution in [2.75, 3.05) is 26.2 Å². The second-order valence-corrected chi connectivity index (χ2v) is 8.98. The second-order valence-electron chi connectivity index (χ2n) is 8.98. The Labute approximate surface area is 167 Å². The summed E-state index contributed by atoms with van der Waals surface area (Å²) >= 11 is 0. The lowest BCUT2D eigenvalue weighted by Gasteiger charge is -2.41. The number of amides is 1. The molecular formula is C23H32N4O. The molecule has 0 bridgehead atoms. The number of piperidine rings is 2. The minimum absolute atomic E-state index is 0.249. The van der Waals surface area contributed by atoms with Crippen LogP contribution in [0.5, 0.6) is 0 Å². The molecule has 3 fully saturated rings. The summed E-state index contributed by atoms with van der Waals surface area (Å²) in [7, 11) is 0. The number of rotatable bonds is 5. The molecule has 1 aromatic carbocycles. The molecule has 0 atom stereocenters. The van der Waals surface area contributed by atoms with Crippen LogP contribution in [0.2, 0.25) is 0 Å². The van der Waals surface area contributed by atoms with Crippen LogP contribution in [0.15, 0.2) is 30.3 Å². The van der Waals surface area contributed by atoms with Crippen LogP contribution in [0.3, 0.4) is 0 Å². The first-order valence-corrected chi connectivity index (χ1v) is 11.1. The summed E-state index contributed by atoms with van der Waals surface area (Å²) in [5, 5.41) is 4.50. The third-order valence-electron chi connectivity index (χ3n) is 6.88. The number of carbonyl (C=O) groups excluding carboxylic acids is 1. The maximum Gasteiger partial charge on any atom is 0.223 e. The predicted octanol–water partition coefficient (Wildman–Crippen LogP) is 3.12. The van der Waals surface area contributed by atoms with E-state index < -0.39 is 0 Å². The highest BCUT2D eigenvalue weighted by Gasteiger charge is 2.32. The number of carbonyl (C=O) groups is 1. The molecule has 3 heterocycles. The smallest absolute Gasteiger partial charge is 0.223 e. The molecule has 2 aliphatic heterocycles. The third-order valence-corrected chi connectivity index (χ3v) is 6.88. The molecule has 1 amide bonds. The molecule has 0 radical (unpaired) electrons. The van der Waals surface area contributed by atoms with Gasteiger partial charge in [-0.3, -0.25) is 9.69 Å². The largest absolute Gasteiger partial charge is 0.357 e. The molecule has 5 rings (SSSR count). The van der Waals surface area contributed by atoms with Gasteiger partial charge in [-0.1, -0.05) is 18.2 Å². The van der Waals surface area contributed by atoms with Crippen molar-refractivity contribution in [3.63, 3.8) is 0 Å². The SMILES string of the molecule is O=C(NC1CC1)C1CCN(C2CCN(Cc3cc4ccccc4[nH]3)CC2)CC1. The number of H-pyrrole nitrogens is 1. The molecule has 5 nitrogen and oxygen atoms in total. The first-order valence-electron chi connectivity index (χ1n) is 11.1. The summed E-state index contributed by atoms with van der Waals surface area (Å²) in [5.41, 5.74) is 2.56. The number of aromatic nitrogens is 1. The first-order chi connectivity index (χ1) is 13.7. The van der Waals surface area contributed by atoms with E-state index in [0.29, 0.717) is 18.0 Å². The van der Waals surface area contributed by atoms with Gasteiger partial charge in [0.1, 0.15) is 0 Å². The lowest BCUT2D eigenvalue weighted by atomic mass is 9.92. The molecule has 0 unspecified atom stereocenters. The number of para-hydroxylation sites is 1. The molecule has 5 heteroatoms. The standard InChI is InChI=1S/C23H32N4O/c28-23(25-19-5-6-19)17-7-13-27(14-8-17)21-9-11-26(12-10-21)16-20-15-18-3-1-2-4-22(18)24-20/h1-4,15,17,19,21,24H,5-14,16H2,(H,25,28). The number of benzene rings is 1. The van der Waals surface area contributed by atoms with Gasteiger partial charge in [0.25, 0.3) is 0 Å². The van der Waals surface area contributed by atoms with Crippen LogP contribution < -0.4 is 5.32 Å². The van der Waals surface area contributed by atoms with Crippen LogP contribution >= 0.6 is 0 Å². The Morgan fingerprint density at radius 3 is 2.46 bits per heavy atom. The van der Waals surface area contributed by atoms with E-state index >= 15 is 0 Å². The monoisotopic (exact) mass is 380 g/mol. The molecule has 28 heavy (non-hydrogen) atoms. The van der Waals surface area contributed by atoms with Crippen LogP contribution in [-0.2, 0) is 11.3 Å². The number of nitrogens with one attached hydrogen (secondary N) is 2. The fourth-order valence-corrected chi connectivity index (χ4v) is 4.98. The zero-order valence-corrected chi connectivity index (χ0v) is 16.7. The van der Waals surface area contributed by atoms with E-state index in [4.69, 9.17) is 0 Å². The molecule has 2 aromatic rings. The fraction of sp³-hybridized carbons (Fsp3) is 0.609. The average molecular weight is 381 g/mol. The van der Waals surface area contributed by atoms with Crippen molar-refractivity contribution >= 4 is 16.8 Å². The Hall–Kier alpha value is -1.85. The van der Waals surface area contributed by atoms with Crippen molar-refractivity contribution in [1.29, 1.82) is 0 Å². The highest BCUT2D eigenvalue weighted by Crippen LogP contribution is 2.26. The maximum atomic E-state index is 12.3. The topological polar surface area (TPSA) is 51.4 Å². The Kier molecular flexibility index (Phi) is 5.12. The van der Waals surface area contributed by atoms with Crippen molar-refractivity contribution in [3.05, 3.63) is 36.0 Å². The Balaban J connectivity index is 1.08. The Morgan fingerprint density at radius 1 is 1.00 bits per heavy atom. The van der Waals surface area contributed by atoms with Gasteiger partial charge in [-0.05, 0) is 69.1 Å². The van der Waals surface area contributed by atoms with E-state index in [-0.39, 0.29) is 5.92 Å². The Bertz CT molecular complexity index is 778. The summed E-state index contributed by atoms with van der Waals surface area (Å²) in [6, 6.07) is 12.0. The molecule has 1 saturated carbocycles. The van der Waals surface area contributed by atoms with E-state index in [9.17, 15) is 4.79 Å². The van der Waals surface area contributed by atoms with Gasteiger partial charge < -0.3 is 15.2 Å². The number of aromatic amines is 1. The molecule has 2 saturated heterocycles. The quantitative estimate of drug-likeness (QED) is 0.838. The summed E-state index contributed by atoms with van der Waals surface area (Å²) < 4.78 is 0. The van der Waals surface area contributed by atoms with E-state index in [1.807, 2.05) is 0 Å². The van der Waals surface area contributed by atoms with Crippen LogP contribution in [0.25, 0.3) is 10.9 Å². The Morgan fingerprint density at radius 2 is 1.75 bits per heavy atom. The molecule has 1 aromatic heterocycles. The molecule has 150 valence electrons. The zero-order valence-electron chi connectivity index (χ0n) is 16.7. The van der Waals surface area contributed by atoms with E-state index in [0.717, 1.165) is 32.5 Å². The summed E-state index contributed by atoms with van der Waals surface area (Å²) in [6.45, 7) is 5.54. The second kappa shape index (κ2) is 7.88. The lowest BCUT2D eigenvalue weighted by molar-refractivity contribution is -0.126. The van der Waals surface area contributed by atoms with Crippen LogP contribution in [-0.4, -0.2) is 59.0 Å². The highest BCUT2D eigenvalue weighted by molar-refractivity contribution is 5.80. The average Bonchev–Trinajstić information content (AvgIpc) is 3.45. The van der Waals surface area contributed by atoms with Crippen molar-refractivity contribution in [2.45, 2.75) is 57.2 Å². The minimum atomic E-state index is 0.249. The molecule has 3 aliphatic rings. The van der Waals surface area contributed by atoms with Crippen LogP contribution in [0.4, 0.5) is 0 Å². The summed E-state index contributed by atoms with van der Waals surface area (Å²) in [4.78, 5) is 21.1. The van der Waals surface area contributed by atoms with Crippen LogP contribution in [0.1, 0.15) is 44.2 Å². The lowest BCUT2D eigenvalue weighted by Crippen LogP contribution is -2.49. The van der Waals surface area contributed by atoms with Gasteiger partial charge in [-0.2, -0.15) is 0 Å². The van der Waals surface area contributed by atoms with Gasteiger partial charge in [0, 0.05) is 48.8 Å². The van der Waals surface area contributed by atoms with Gasteiger partial charge in [0.05, 0.1) is 0 Å². The van der Waals surface area contributed by atoms with Gasteiger partial charge in [-0.25, -0.2) is 0 Å². The predicted molar refractivity (Wildman–Crippen MR) is 112 cm³/mol.